The van der Waals surface area contributed by atoms with Gasteiger partial charge in [0.05, 0.1) is 6.54 Å². The number of nitrogens with two attached hydrogens (primary N) is 1. The average molecular weight is 315 g/mol. The number of carbonyl (C=O) groups excluding carboxylic acids is 1. The number of fused-ring (bicyclic) bond motifs is 2. The van der Waals surface area contributed by atoms with Gasteiger partial charge in [0.25, 0.3) is 5.91 Å². The van der Waals surface area contributed by atoms with E-state index in [0.29, 0.717) is 18.9 Å². The van der Waals surface area contributed by atoms with Gasteiger partial charge in [-0.25, -0.2) is 0 Å². The molecule has 9 heteroatoms. The molecule has 0 aromatic carbocycles. The number of amides is 1. The van der Waals surface area contributed by atoms with Crippen molar-refractivity contribution in [2.24, 2.45) is 5.73 Å². The van der Waals surface area contributed by atoms with E-state index in [1.807, 2.05) is 4.90 Å². The number of piperazine rings is 1. The van der Waals surface area contributed by atoms with E-state index in [1.165, 1.54) is 6.07 Å². The Balaban J connectivity index is 1.71. The molecule has 2 fully saturated rings. The van der Waals surface area contributed by atoms with Crippen LogP contribution in [-0.4, -0.2) is 58.9 Å². The Bertz CT molecular complexity index is 548. The monoisotopic (exact) mass is 315 g/mol. The molecule has 2 N–H and O–H groups in total. The lowest BCUT2D eigenvalue weighted by Gasteiger charge is -2.41. The summed E-state index contributed by atoms with van der Waals surface area (Å²) in [6.45, 7) is 0.108. The van der Waals surface area contributed by atoms with Gasteiger partial charge < -0.3 is 10.6 Å². The van der Waals surface area contributed by atoms with E-state index in [4.69, 9.17) is 5.73 Å². The van der Waals surface area contributed by atoms with Crippen LogP contribution >= 0.6 is 0 Å². The third kappa shape index (κ3) is 2.99. The topological polar surface area (TPSA) is 75.4 Å². The van der Waals surface area contributed by atoms with E-state index in [2.05, 4.69) is 10.2 Å². The van der Waals surface area contributed by atoms with Crippen molar-refractivity contribution in [2.75, 3.05) is 24.5 Å². The number of alkyl halides is 3. The zero-order chi connectivity index (χ0) is 15.9. The average Bonchev–Trinajstić information content (AvgIpc) is 2.68. The Morgan fingerprint density at radius 2 is 1.86 bits per heavy atom. The zero-order valence-corrected chi connectivity index (χ0v) is 11.8. The molecule has 22 heavy (non-hydrogen) atoms. The molecule has 2 saturated heterocycles. The van der Waals surface area contributed by atoms with Gasteiger partial charge >= 0.3 is 6.18 Å². The molecular weight excluding hydrogens is 299 g/mol. The number of hydrogen-bond acceptors (Lipinski definition) is 5. The summed E-state index contributed by atoms with van der Waals surface area (Å²) in [5, 5.41) is 7.70. The van der Waals surface area contributed by atoms with Crippen LogP contribution in [0.2, 0.25) is 0 Å². The minimum atomic E-state index is -4.17. The summed E-state index contributed by atoms with van der Waals surface area (Å²) in [6, 6.07) is 2.86. The maximum absolute atomic E-state index is 12.6. The number of rotatable bonds is 3. The Hall–Kier alpha value is -1.90. The molecule has 0 aliphatic carbocycles. The third-order valence-electron chi connectivity index (χ3n) is 4.22. The molecule has 120 valence electrons. The van der Waals surface area contributed by atoms with Crippen LogP contribution in [0.15, 0.2) is 12.1 Å². The molecule has 6 nitrogen and oxygen atoms in total. The van der Waals surface area contributed by atoms with Crippen molar-refractivity contribution in [1.82, 2.24) is 15.1 Å². The fourth-order valence-corrected chi connectivity index (χ4v) is 3.27. The van der Waals surface area contributed by atoms with Crippen molar-refractivity contribution in [3.05, 3.63) is 17.8 Å². The van der Waals surface area contributed by atoms with Crippen LogP contribution in [0, 0.1) is 0 Å². The Morgan fingerprint density at radius 3 is 2.32 bits per heavy atom. The van der Waals surface area contributed by atoms with Crippen LogP contribution < -0.4 is 10.6 Å². The number of halogens is 3. The van der Waals surface area contributed by atoms with Crippen LogP contribution in [0.3, 0.4) is 0 Å². The van der Waals surface area contributed by atoms with E-state index >= 15 is 0 Å². The van der Waals surface area contributed by atoms with Crippen molar-refractivity contribution < 1.29 is 18.0 Å². The van der Waals surface area contributed by atoms with Gasteiger partial charge in [0.2, 0.25) is 0 Å². The van der Waals surface area contributed by atoms with Crippen molar-refractivity contribution in [1.29, 1.82) is 0 Å². The summed E-state index contributed by atoms with van der Waals surface area (Å²) in [5.41, 5.74) is 5.18. The van der Waals surface area contributed by atoms with Gasteiger partial charge in [0.1, 0.15) is 0 Å². The summed E-state index contributed by atoms with van der Waals surface area (Å²) in [7, 11) is 0. The summed E-state index contributed by atoms with van der Waals surface area (Å²) in [6.07, 6.45) is -2.67. The first kappa shape index (κ1) is 15.0. The first-order chi connectivity index (χ1) is 10.3. The lowest BCUT2D eigenvalue weighted by molar-refractivity contribution is -0.153. The van der Waals surface area contributed by atoms with E-state index in [-0.39, 0.29) is 17.8 Å². The molecule has 1 aromatic heterocycles. The van der Waals surface area contributed by atoms with Gasteiger partial charge in [-0.05, 0) is 25.0 Å². The molecule has 2 aliphatic rings. The molecule has 3 heterocycles. The molecule has 1 aromatic rings. The molecule has 2 bridgehead atoms. The smallest absolute Gasteiger partial charge is 0.364 e. The van der Waals surface area contributed by atoms with Crippen LogP contribution in [-0.2, 0) is 0 Å². The molecule has 2 atom stereocenters. The third-order valence-corrected chi connectivity index (χ3v) is 4.22. The van der Waals surface area contributed by atoms with Gasteiger partial charge in [0.15, 0.2) is 11.5 Å². The summed E-state index contributed by atoms with van der Waals surface area (Å²) in [4.78, 5) is 14.4. The van der Waals surface area contributed by atoms with Crippen molar-refractivity contribution in [3.8, 4) is 0 Å². The van der Waals surface area contributed by atoms with E-state index in [0.717, 1.165) is 12.8 Å². The predicted molar refractivity (Wildman–Crippen MR) is 72.3 cm³/mol. The van der Waals surface area contributed by atoms with E-state index in [9.17, 15) is 18.0 Å². The highest BCUT2D eigenvalue weighted by atomic mass is 19.4. The highest BCUT2D eigenvalue weighted by Gasteiger charge is 2.45. The number of carbonyl (C=O) groups is 1. The minimum Gasteiger partial charge on any atom is -0.364 e. The van der Waals surface area contributed by atoms with E-state index < -0.39 is 18.6 Å². The quantitative estimate of drug-likeness (QED) is 0.892. The Kier molecular flexibility index (Phi) is 3.67. The largest absolute Gasteiger partial charge is 0.401 e. The number of anilines is 1. The first-order valence-corrected chi connectivity index (χ1v) is 7.04. The molecule has 3 rings (SSSR count). The summed E-state index contributed by atoms with van der Waals surface area (Å²) < 4.78 is 37.9. The number of aromatic nitrogens is 2. The van der Waals surface area contributed by atoms with Crippen LogP contribution in [0.1, 0.15) is 23.3 Å². The standard InChI is InChI=1S/C13H16F3N5O/c14-13(15,16)7-21-8-1-2-9(21)6-20(5-8)11-4-3-10(12(17)22)18-19-11/h3-4,8-9H,1-2,5-7H2,(H2,17,22). The molecule has 2 aliphatic heterocycles. The molecule has 0 radical (unpaired) electrons. The second kappa shape index (κ2) is 5.38. The van der Waals surface area contributed by atoms with Gasteiger partial charge in [-0.2, -0.15) is 13.2 Å². The predicted octanol–water partition coefficient (Wildman–Crippen LogP) is 0.791. The SMILES string of the molecule is NC(=O)c1ccc(N2CC3CCC(C2)N3CC(F)(F)F)nn1. The molecule has 2 unspecified atom stereocenters. The van der Waals surface area contributed by atoms with Gasteiger partial charge in [-0.15, -0.1) is 10.2 Å². The molecule has 0 saturated carbocycles. The number of nitrogens with zero attached hydrogens (tertiary/aromatic N) is 4. The Morgan fingerprint density at radius 1 is 1.23 bits per heavy atom. The molecule has 1 amide bonds. The maximum Gasteiger partial charge on any atom is 0.401 e. The van der Waals surface area contributed by atoms with Crippen molar-refractivity contribution >= 4 is 11.7 Å². The lowest BCUT2D eigenvalue weighted by Crippen LogP contribution is -2.56. The maximum atomic E-state index is 12.6. The van der Waals surface area contributed by atoms with Crippen LogP contribution in [0.25, 0.3) is 0 Å². The van der Waals surface area contributed by atoms with E-state index in [1.54, 1.807) is 11.0 Å². The van der Waals surface area contributed by atoms with Crippen molar-refractivity contribution in [3.63, 3.8) is 0 Å². The van der Waals surface area contributed by atoms with Crippen molar-refractivity contribution in [2.45, 2.75) is 31.1 Å². The highest BCUT2D eigenvalue weighted by Crippen LogP contribution is 2.34. The molecule has 0 spiro atoms. The molecular formula is C13H16F3N5O. The zero-order valence-electron chi connectivity index (χ0n) is 11.8. The van der Waals surface area contributed by atoms with Crippen LogP contribution in [0.5, 0.6) is 0 Å². The highest BCUT2D eigenvalue weighted by molar-refractivity contribution is 5.90. The summed E-state index contributed by atoms with van der Waals surface area (Å²) >= 11 is 0. The number of primary amides is 1. The van der Waals surface area contributed by atoms with Gasteiger partial charge in [-0.3, -0.25) is 9.69 Å². The fraction of sp³-hybridized carbons (Fsp3) is 0.615. The first-order valence-electron chi connectivity index (χ1n) is 7.04. The van der Waals surface area contributed by atoms with Crippen LogP contribution in [0.4, 0.5) is 19.0 Å². The second-order valence-corrected chi connectivity index (χ2v) is 5.72. The number of hydrogen-bond donors (Lipinski definition) is 1. The van der Waals surface area contributed by atoms with Gasteiger partial charge in [-0.1, -0.05) is 0 Å². The second-order valence-electron chi connectivity index (χ2n) is 5.72. The van der Waals surface area contributed by atoms with Gasteiger partial charge in [0, 0.05) is 25.2 Å². The Labute approximate surface area is 125 Å². The summed E-state index contributed by atoms with van der Waals surface area (Å²) in [5.74, 6) is -0.0947. The minimum absolute atomic E-state index is 0.0717. The fourth-order valence-electron chi connectivity index (χ4n) is 3.27. The normalized spacial score (nSPS) is 25.5. The lowest BCUT2D eigenvalue weighted by atomic mass is 10.2.